The standard InChI is InChI=1S/C15H12F2O4/c1-20-11-4-2-9(3-5-11)8-21-14-12(16)6-10(15(18)19)7-13(14)17/h2-7H,8H2,1H3,(H,18,19). The third-order valence-corrected chi connectivity index (χ3v) is 2.79. The van der Waals surface area contributed by atoms with Gasteiger partial charge in [-0.25, -0.2) is 13.6 Å². The molecule has 0 aromatic heterocycles. The molecule has 0 atom stereocenters. The van der Waals surface area contributed by atoms with Crippen LogP contribution in [-0.2, 0) is 6.61 Å². The van der Waals surface area contributed by atoms with Crippen molar-refractivity contribution >= 4 is 5.97 Å². The molecule has 0 amide bonds. The van der Waals surface area contributed by atoms with Crippen LogP contribution in [0.1, 0.15) is 15.9 Å². The highest BCUT2D eigenvalue weighted by molar-refractivity contribution is 5.87. The van der Waals surface area contributed by atoms with Gasteiger partial charge in [-0.15, -0.1) is 0 Å². The number of benzene rings is 2. The van der Waals surface area contributed by atoms with Crippen LogP contribution in [0.3, 0.4) is 0 Å². The van der Waals surface area contributed by atoms with E-state index in [1.54, 1.807) is 24.3 Å². The maximum Gasteiger partial charge on any atom is 0.335 e. The summed E-state index contributed by atoms with van der Waals surface area (Å²) in [6, 6.07) is 8.21. The molecule has 0 heterocycles. The summed E-state index contributed by atoms with van der Waals surface area (Å²) in [6.07, 6.45) is 0. The van der Waals surface area contributed by atoms with E-state index in [1.807, 2.05) is 0 Å². The second-order valence-corrected chi connectivity index (χ2v) is 4.21. The smallest absolute Gasteiger partial charge is 0.335 e. The number of carbonyl (C=O) groups is 1. The summed E-state index contributed by atoms with van der Waals surface area (Å²) < 4.78 is 37.4. The highest BCUT2D eigenvalue weighted by Gasteiger charge is 2.16. The molecule has 2 rings (SSSR count). The molecule has 0 spiro atoms. The Hall–Kier alpha value is -2.63. The summed E-state index contributed by atoms with van der Waals surface area (Å²) in [5.74, 6) is -3.46. The summed E-state index contributed by atoms with van der Waals surface area (Å²) in [5, 5.41) is 8.70. The highest BCUT2D eigenvalue weighted by Crippen LogP contribution is 2.24. The van der Waals surface area contributed by atoms with Gasteiger partial charge in [-0.05, 0) is 29.8 Å². The monoisotopic (exact) mass is 294 g/mol. The molecule has 2 aromatic rings. The maximum absolute atomic E-state index is 13.6. The average molecular weight is 294 g/mol. The summed E-state index contributed by atoms with van der Waals surface area (Å²) in [7, 11) is 1.53. The van der Waals surface area contributed by atoms with Gasteiger partial charge >= 0.3 is 5.97 Å². The largest absolute Gasteiger partial charge is 0.497 e. The van der Waals surface area contributed by atoms with Gasteiger partial charge in [-0.3, -0.25) is 0 Å². The fourth-order valence-corrected chi connectivity index (χ4v) is 1.70. The molecule has 0 aliphatic carbocycles. The normalized spacial score (nSPS) is 10.2. The lowest BCUT2D eigenvalue weighted by molar-refractivity contribution is 0.0695. The Bertz CT molecular complexity index is 630. The third-order valence-electron chi connectivity index (χ3n) is 2.79. The van der Waals surface area contributed by atoms with E-state index in [0.29, 0.717) is 11.3 Å². The van der Waals surface area contributed by atoms with Crippen LogP contribution in [0.5, 0.6) is 11.5 Å². The van der Waals surface area contributed by atoms with Gasteiger partial charge in [0.2, 0.25) is 0 Å². The van der Waals surface area contributed by atoms with Gasteiger partial charge in [0.05, 0.1) is 12.7 Å². The number of hydrogen-bond acceptors (Lipinski definition) is 3. The first kappa shape index (κ1) is 14.8. The second-order valence-electron chi connectivity index (χ2n) is 4.21. The summed E-state index contributed by atoms with van der Waals surface area (Å²) >= 11 is 0. The molecule has 0 aliphatic rings. The van der Waals surface area contributed by atoms with Crippen LogP contribution in [0, 0.1) is 11.6 Å². The molecule has 1 N–H and O–H groups in total. The van der Waals surface area contributed by atoms with Crippen LogP contribution >= 0.6 is 0 Å². The number of halogens is 2. The van der Waals surface area contributed by atoms with Crippen molar-refractivity contribution in [1.29, 1.82) is 0 Å². The van der Waals surface area contributed by atoms with E-state index in [9.17, 15) is 13.6 Å². The molecule has 0 fully saturated rings. The van der Waals surface area contributed by atoms with Gasteiger partial charge in [0, 0.05) is 0 Å². The zero-order valence-electron chi connectivity index (χ0n) is 11.1. The van der Waals surface area contributed by atoms with E-state index in [0.717, 1.165) is 12.1 Å². The van der Waals surface area contributed by atoms with E-state index in [2.05, 4.69) is 0 Å². The fraction of sp³-hybridized carbons (Fsp3) is 0.133. The first-order chi connectivity index (χ1) is 10.0. The van der Waals surface area contributed by atoms with Gasteiger partial charge in [0.25, 0.3) is 0 Å². The Morgan fingerprint density at radius 3 is 2.19 bits per heavy atom. The molecular weight excluding hydrogens is 282 g/mol. The predicted octanol–water partition coefficient (Wildman–Crippen LogP) is 3.25. The number of aromatic carboxylic acids is 1. The topological polar surface area (TPSA) is 55.8 Å². The number of carboxylic acid groups (broad SMARTS) is 1. The minimum atomic E-state index is -1.41. The average Bonchev–Trinajstić information content (AvgIpc) is 2.46. The number of rotatable bonds is 5. The number of carboxylic acids is 1. The molecule has 0 radical (unpaired) electrons. The molecule has 110 valence electrons. The molecule has 4 nitrogen and oxygen atoms in total. The molecule has 0 saturated heterocycles. The van der Waals surface area contributed by atoms with Crippen molar-refractivity contribution in [3.8, 4) is 11.5 Å². The minimum Gasteiger partial charge on any atom is -0.497 e. The summed E-state index contributed by atoms with van der Waals surface area (Å²) in [6.45, 7) is -0.0513. The van der Waals surface area contributed by atoms with Crippen LogP contribution in [0.4, 0.5) is 8.78 Å². The van der Waals surface area contributed by atoms with Crippen molar-refractivity contribution in [1.82, 2.24) is 0 Å². The van der Waals surface area contributed by atoms with Crippen molar-refractivity contribution in [2.24, 2.45) is 0 Å². The lowest BCUT2D eigenvalue weighted by Gasteiger charge is -2.09. The first-order valence-corrected chi connectivity index (χ1v) is 5.99. The first-order valence-electron chi connectivity index (χ1n) is 5.99. The van der Waals surface area contributed by atoms with Gasteiger partial charge in [0.15, 0.2) is 17.4 Å². The molecule has 0 saturated carbocycles. The van der Waals surface area contributed by atoms with Crippen molar-refractivity contribution in [3.05, 3.63) is 59.2 Å². The second kappa shape index (κ2) is 6.21. The molecule has 6 heteroatoms. The molecule has 21 heavy (non-hydrogen) atoms. The fourth-order valence-electron chi connectivity index (χ4n) is 1.70. The lowest BCUT2D eigenvalue weighted by atomic mass is 10.2. The van der Waals surface area contributed by atoms with E-state index < -0.39 is 28.9 Å². The van der Waals surface area contributed by atoms with E-state index in [1.165, 1.54) is 7.11 Å². The van der Waals surface area contributed by atoms with Crippen LogP contribution in [0.25, 0.3) is 0 Å². The molecular formula is C15H12F2O4. The Morgan fingerprint density at radius 2 is 1.71 bits per heavy atom. The molecule has 0 unspecified atom stereocenters. The molecule has 2 aromatic carbocycles. The number of methoxy groups -OCH3 is 1. The van der Waals surface area contributed by atoms with Gasteiger partial charge in [-0.2, -0.15) is 0 Å². The van der Waals surface area contributed by atoms with E-state index >= 15 is 0 Å². The number of hydrogen-bond donors (Lipinski definition) is 1. The summed E-state index contributed by atoms with van der Waals surface area (Å²) in [5.41, 5.74) is 0.221. The Balaban J connectivity index is 2.14. The predicted molar refractivity (Wildman–Crippen MR) is 70.6 cm³/mol. The Morgan fingerprint density at radius 1 is 1.14 bits per heavy atom. The maximum atomic E-state index is 13.6. The van der Waals surface area contributed by atoms with E-state index in [-0.39, 0.29) is 6.61 Å². The SMILES string of the molecule is COc1ccc(COc2c(F)cc(C(=O)O)cc2F)cc1. The van der Waals surface area contributed by atoms with Crippen LogP contribution < -0.4 is 9.47 Å². The van der Waals surface area contributed by atoms with Crippen molar-refractivity contribution in [2.45, 2.75) is 6.61 Å². The van der Waals surface area contributed by atoms with Crippen LogP contribution in [-0.4, -0.2) is 18.2 Å². The highest BCUT2D eigenvalue weighted by atomic mass is 19.1. The van der Waals surface area contributed by atoms with Gasteiger partial charge in [0.1, 0.15) is 12.4 Å². The van der Waals surface area contributed by atoms with Crippen molar-refractivity contribution in [2.75, 3.05) is 7.11 Å². The zero-order valence-corrected chi connectivity index (χ0v) is 11.1. The van der Waals surface area contributed by atoms with Gasteiger partial charge in [-0.1, -0.05) is 12.1 Å². The quantitative estimate of drug-likeness (QED) is 0.919. The molecule has 0 bridgehead atoms. The van der Waals surface area contributed by atoms with Crippen LogP contribution in [0.15, 0.2) is 36.4 Å². The minimum absolute atomic E-state index is 0.0513. The Kier molecular flexibility index (Phi) is 4.37. The van der Waals surface area contributed by atoms with E-state index in [4.69, 9.17) is 14.6 Å². The van der Waals surface area contributed by atoms with Crippen molar-refractivity contribution in [3.63, 3.8) is 0 Å². The lowest BCUT2D eigenvalue weighted by Crippen LogP contribution is -2.04. The number of ether oxygens (including phenoxy) is 2. The van der Waals surface area contributed by atoms with Gasteiger partial charge < -0.3 is 14.6 Å². The Labute approximate surface area is 119 Å². The zero-order chi connectivity index (χ0) is 15.4. The van der Waals surface area contributed by atoms with Crippen LogP contribution in [0.2, 0.25) is 0 Å². The third kappa shape index (κ3) is 3.47. The molecule has 0 aliphatic heterocycles. The summed E-state index contributed by atoms with van der Waals surface area (Å²) in [4.78, 5) is 10.7. The van der Waals surface area contributed by atoms with Crippen molar-refractivity contribution < 1.29 is 28.2 Å².